The van der Waals surface area contributed by atoms with E-state index in [0.29, 0.717) is 5.57 Å². The summed E-state index contributed by atoms with van der Waals surface area (Å²) in [6, 6.07) is 0. The van der Waals surface area contributed by atoms with Crippen molar-refractivity contribution in [2.45, 2.75) is 89.2 Å². The van der Waals surface area contributed by atoms with E-state index >= 15 is 0 Å². The molecule has 0 aromatic rings. The van der Waals surface area contributed by atoms with Gasteiger partial charge in [0.1, 0.15) is 42.7 Å². The summed E-state index contributed by atoms with van der Waals surface area (Å²) < 4.78 is 32.8. The fourth-order valence-corrected chi connectivity index (χ4v) is 5.17. The van der Waals surface area contributed by atoms with Crippen LogP contribution in [-0.2, 0) is 42.8 Å². The van der Waals surface area contributed by atoms with Crippen molar-refractivity contribution < 1.29 is 68.3 Å². The van der Waals surface area contributed by atoms with Crippen molar-refractivity contribution in [3.05, 3.63) is 11.8 Å². The molecule has 2 fully saturated rings. The van der Waals surface area contributed by atoms with Gasteiger partial charge in [0.15, 0.2) is 6.29 Å². The molecule has 2 heterocycles. The number of ether oxygens (including phenoxy) is 6. The predicted molar refractivity (Wildman–Crippen MR) is 127 cm³/mol. The Morgan fingerprint density at radius 3 is 2.33 bits per heavy atom. The molecule has 5 N–H and O–H groups in total. The van der Waals surface area contributed by atoms with E-state index in [-0.39, 0.29) is 25.4 Å². The Balaban J connectivity index is 1.88. The van der Waals surface area contributed by atoms with Crippen molar-refractivity contribution in [3.8, 4) is 0 Å². The lowest BCUT2D eigenvalue weighted by Gasteiger charge is -2.41. The molecule has 39 heavy (non-hydrogen) atoms. The second-order valence-electron chi connectivity index (χ2n) is 10.5. The lowest BCUT2D eigenvalue weighted by atomic mass is 9.80. The summed E-state index contributed by atoms with van der Waals surface area (Å²) in [5.74, 6) is -3.74. The van der Waals surface area contributed by atoms with Crippen LogP contribution in [0.25, 0.3) is 0 Å². The summed E-state index contributed by atoms with van der Waals surface area (Å²) in [5.41, 5.74) is -1.61. The molecule has 0 aromatic carbocycles. The zero-order valence-electron chi connectivity index (χ0n) is 22.3. The number of hydrogen-bond donors (Lipinski definition) is 5. The Labute approximate surface area is 225 Å². The quantitative estimate of drug-likeness (QED) is 0.152. The zero-order chi connectivity index (χ0) is 29.1. The first-order chi connectivity index (χ1) is 18.3. The Kier molecular flexibility index (Phi) is 10.3. The topological polar surface area (TPSA) is 208 Å². The third kappa shape index (κ3) is 7.06. The highest BCUT2D eigenvalue weighted by Gasteiger charge is 2.63. The molecule has 1 saturated heterocycles. The molecule has 0 amide bonds. The molecule has 3 aliphatic rings. The minimum Gasteiger partial charge on any atom is -0.463 e. The second kappa shape index (κ2) is 12.9. The second-order valence-corrected chi connectivity index (χ2v) is 10.5. The molecule has 1 saturated carbocycles. The third-order valence-electron chi connectivity index (χ3n) is 7.06. The molecule has 1 aliphatic carbocycles. The first-order valence-corrected chi connectivity index (χ1v) is 12.8. The molecule has 14 heteroatoms. The fourth-order valence-electron chi connectivity index (χ4n) is 5.17. The first kappa shape index (κ1) is 31.2. The first-order valence-electron chi connectivity index (χ1n) is 12.8. The van der Waals surface area contributed by atoms with Crippen LogP contribution in [0.15, 0.2) is 11.8 Å². The predicted octanol–water partition coefficient (Wildman–Crippen LogP) is -1.51. The highest BCUT2D eigenvalue weighted by molar-refractivity contribution is 5.70. The molecule has 3 rings (SSSR count). The highest BCUT2D eigenvalue weighted by Crippen LogP contribution is 2.51. The van der Waals surface area contributed by atoms with Crippen molar-refractivity contribution in [3.63, 3.8) is 0 Å². The van der Waals surface area contributed by atoms with Gasteiger partial charge in [-0.15, -0.1) is 0 Å². The number of carbonyl (C=O) groups is 3. The van der Waals surface area contributed by atoms with Gasteiger partial charge in [-0.3, -0.25) is 14.4 Å². The van der Waals surface area contributed by atoms with E-state index in [1.165, 1.54) is 6.26 Å². The number of esters is 3. The van der Waals surface area contributed by atoms with E-state index in [4.69, 9.17) is 28.4 Å². The van der Waals surface area contributed by atoms with Crippen LogP contribution in [0.5, 0.6) is 0 Å². The molecule has 14 nitrogen and oxygen atoms in total. The van der Waals surface area contributed by atoms with Gasteiger partial charge >= 0.3 is 17.9 Å². The van der Waals surface area contributed by atoms with Crippen LogP contribution in [0.1, 0.15) is 40.5 Å². The Morgan fingerprint density at radius 1 is 1.05 bits per heavy atom. The van der Waals surface area contributed by atoms with Crippen LogP contribution >= 0.6 is 0 Å². The van der Waals surface area contributed by atoms with E-state index in [1.54, 1.807) is 0 Å². The van der Waals surface area contributed by atoms with E-state index in [1.807, 2.05) is 13.8 Å². The van der Waals surface area contributed by atoms with Crippen molar-refractivity contribution >= 4 is 17.9 Å². The number of rotatable bonds is 10. The molecule has 222 valence electrons. The van der Waals surface area contributed by atoms with Crippen molar-refractivity contribution in [2.24, 2.45) is 17.8 Å². The summed E-state index contributed by atoms with van der Waals surface area (Å²) >= 11 is 0. The van der Waals surface area contributed by atoms with Crippen LogP contribution in [0.4, 0.5) is 0 Å². The van der Waals surface area contributed by atoms with Gasteiger partial charge in [-0.25, -0.2) is 0 Å². The van der Waals surface area contributed by atoms with Crippen molar-refractivity contribution in [1.82, 2.24) is 0 Å². The Bertz CT molecular complexity index is 918. The van der Waals surface area contributed by atoms with Gasteiger partial charge in [-0.1, -0.05) is 13.8 Å². The Hall–Kier alpha value is -2.33. The van der Waals surface area contributed by atoms with Gasteiger partial charge in [-0.05, 0) is 17.9 Å². The summed E-state index contributed by atoms with van der Waals surface area (Å²) in [4.78, 5) is 36.0. The van der Waals surface area contributed by atoms with E-state index < -0.39 is 91.7 Å². The molecule has 0 bridgehead atoms. The molecular weight excluding hydrogens is 524 g/mol. The SMILES string of the molecule is CC(=O)OC[C@]1(O)[C@H]2[C@H](OC(=O)CC(C)C)OC=C(CO[C@@H]3O[C@H](CO)[C@@H](O)[C@H](O)[C@@H]3O)[C@H]2C[C@@H]1OC(C)=O. The van der Waals surface area contributed by atoms with Crippen LogP contribution in [-0.4, -0.2) is 112 Å². The Morgan fingerprint density at radius 2 is 1.74 bits per heavy atom. The van der Waals surface area contributed by atoms with Gasteiger partial charge in [0.2, 0.25) is 6.29 Å². The number of hydrogen-bond acceptors (Lipinski definition) is 14. The molecule has 10 atom stereocenters. The van der Waals surface area contributed by atoms with E-state index in [0.717, 1.165) is 13.8 Å². The molecule has 0 spiro atoms. The third-order valence-corrected chi connectivity index (χ3v) is 7.06. The normalized spacial score (nSPS) is 37.9. The largest absolute Gasteiger partial charge is 0.463 e. The smallest absolute Gasteiger partial charge is 0.309 e. The maximum absolute atomic E-state index is 12.5. The van der Waals surface area contributed by atoms with Gasteiger partial charge in [0, 0.05) is 26.2 Å². The average molecular weight is 563 g/mol. The number of aliphatic hydroxyl groups excluding tert-OH is 4. The number of fused-ring (bicyclic) bond motifs is 1. The molecular formula is C25H38O14. The minimum absolute atomic E-state index is 0.0211. The summed E-state index contributed by atoms with van der Waals surface area (Å²) in [5, 5.41) is 51.5. The lowest BCUT2D eigenvalue weighted by Crippen LogP contribution is -2.59. The van der Waals surface area contributed by atoms with Gasteiger partial charge in [0.25, 0.3) is 0 Å². The monoisotopic (exact) mass is 562 g/mol. The van der Waals surface area contributed by atoms with Gasteiger partial charge < -0.3 is 54.0 Å². The standard InChI is InChI=1S/C25H38O14/c1-11(2)5-18(29)39-23-19-15(6-17(37-13(4)28)25(19,33)10-36-12(3)27)14(8-34-23)9-35-24-22(32)21(31)20(30)16(7-26)38-24/h8,11,15-17,19-24,26,30-33H,5-7,9-10H2,1-4H3/t15-,16-,17+,19-,20-,21+,22+,23+,24-,25-/m1/s1. The van der Waals surface area contributed by atoms with Crippen LogP contribution in [0, 0.1) is 17.8 Å². The fraction of sp³-hybridized carbons (Fsp3) is 0.800. The lowest BCUT2D eigenvalue weighted by molar-refractivity contribution is -0.299. The molecule has 2 aliphatic heterocycles. The van der Waals surface area contributed by atoms with E-state index in [2.05, 4.69) is 0 Å². The van der Waals surface area contributed by atoms with Crippen molar-refractivity contribution in [1.29, 1.82) is 0 Å². The average Bonchev–Trinajstić information content (AvgIpc) is 3.13. The summed E-state index contributed by atoms with van der Waals surface area (Å²) in [7, 11) is 0. The number of carbonyl (C=O) groups excluding carboxylic acids is 3. The van der Waals surface area contributed by atoms with Crippen LogP contribution in [0.2, 0.25) is 0 Å². The van der Waals surface area contributed by atoms with Gasteiger partial charge in [-0.2, -0.15) is 0 Å². The highest BCUT2D eigenvalue weighted by atomic mass is 16.7. The molecule has 0 radical (unpaired) electrons. The maximum atomic E-state index is 12.5. The molecule has 0 unspecified atom stereocenters. The minimum atomic E-state index is -2.01. The van der Waals surface area contributed by atoms with E-state index in [9.17, 15) is 39.9 Å². The van der Waals surface area contributed by atoms with Crippen LogP contribution in [0.3, 0.4) is 0 Å². The zero-order valence-corrected chi connectivity index (χ0v) is 22.3. The molecule has 0 aromatic heterocycles. The number of aliphatic hydroxyl groups is 5. The van der Waals surface area contributed by atoms with Gasteiger partial charge in [0.05, 0.1) is 25.4 Å². The summed E-state index contributed by atoms with van der Waals surface area (Å²) in [6.45, 7) is 4.44. The van der Waals surface area contributed by atoms with Crippen LogP contribution < -0.4 is 0 Å². The summed E-state index contributed by atoms with van der Waals surface area (Å²) in [6.07, 6.45) is -8.62. The van der Waals surface area contributed by atoms with Crippen molar-refractivity contribution in [2.75, 3.05) is 19.8 Å². The maximum Gasteiger partial charge on any atom is 0.309 e.